The van der Waals surface area contributed by atoms with Crippen molar-refractivity contribution < 1.29 is 0 Å². The number of nitrogens with one attached hydrogen (secondary N) is 1. The second-order valence-corrected chi connectivity index (χ2v) is 5.23. The Morgan fingerprint density at radius 1 is 0.952 bits per heavy atom. The molecule has 0 bridgehead atoms. The van der Waals surface area contributed by atoms with Crippen LogP contribution in [0.1, 0.15) is 0 Å². The van der Waals surface area contributed by atoms with Crippen molar-refractivity contribution in [3.8, 4) is 5.69 Å². The largest absolute Gasteiger partial charge is 0.298 e. The standard InChI is InChI=1S/C15H11BrN4O/c16-11-6-8-12(9-7-11)18-19-14-10-17-20(15(14)21)13-4-2-1-3-5-13/h1-10,17H. The van der Waals surface area contributed by atoms with Gasteiger partial charge in [0.15, 0.2) is 5.69 Å². The molecule has 0 spiro atoms. The Labute approximate surface area is 129 Å². The summed E-state index contributed by atoms with van der Waals surface area (Å²) in [4.78, 5) is 12.2. The van der Waals surface area contributed by atoms with Crippen LogP contribution in [0.4, 0.5) is 11.4 Å². The van der Waals surface area contributed by atoms with Gasteiger partial charge in [-0.3, -0.25) is 9.89 Å². The van der Waals surface area contributed by atoms with Crippen LogP contribution in [0.2, 0.25) is 0 Å². The van der Waals surface area contributed by atoms with Crippen molar-refractivity contribution in [2.24, 2.45) is 10.2 Å². The number of halogens is 1. The smallest absolute Gasteiger partial charge is 0.296 e. The van der Waals surface area contributed by atoms with Gasteiger partial charge >= 0.3 is 0 Å². The minimum Gasteiger partial charge on any atom is -0.296 e. The minimum absolute atomic E-state index is 0.234. The quantitative estimate of drug-likeness (QED) is 0.707. The highest BCUT2D eigenvalue weighted by Crippen LogP contribution is 2.19. The van der Waals surface area contributed by atoms with Gasteiger partial charge in [-0.15, -0.1) is 5.11 Å². The highest BCUT2D eigenvalue weighted by Gasteiger charge is 2.06. The SMILES string of the molecule is O=c1c(N=Nc2ccc(Br)cc2)c[nH]n1-c1ccccc1. The van der Waals surface area contributed by atoms with E-state index >= 15 is 0 Å². The molecule has 3 aromatic rings. The Kier molecular flexibility index (Phi) is 3.79. The lowest BCUT2D eigenvalue weighted by Crippen LogP contribution is -2.13. The zero-order valence-electron chi connectivity index (χ0n) is 10.9. The highest BCUT2D eigenvalue weighted by atomic mass is 79.9. The molecular formula is C15H11BrN4O. The van der Waals surface area contributed by atoms with E-state index in [0.29, 0.717) is 5.69 Å². The number of nitrogens with zero attached hydrogens (tertiary/aromatic N) is 3. The van der Waals surface area contributed by atoms with Gasteiger partial charge in [0.25, 0.3) is 5.56 Å². The summed E-state index contributed by atoms with van der Waals surface area (Å²) in [6, 6.07) is 16.7. The Bertz CT molecular complexity index is 819. The molecular weight excluding hydrogens is 332 g/mol. The van der Waals surface area contributed by atoms with Crippen molar-refractivity contribution in [2.75, 3.05) is 0 Å². The third-order valence-corrected chi connectivity index (χ3v) is 3.40. The van der Waals surface area contributed by atoms with Gasteiger partial charge in [0, 0.05) is 4.47 Å². The molecule has 0 aliphatic heterocycles. The molecule has 2 aromatic carbocycles. The number of azo groups is 1. The lowest BCUT2D eigenvalue weighted by molar-refractivity contribution is 0.849. The number of rotatable bonds is 3. The Hall–Kier alpha value is -2.47. The Morgan fingerprint density at radius 2 is 1.67 bits per heavy atom. The molecule has 0 aliphatic carbocycles. The first-order chi connectivity index (χ1) is 10.2. The summed E-state index contributed by atoms with van der Waals surface area (Å²) in [6.45, 7) is 0. The number of aromatic nitrogens is 2. The second-order valence-electron chi connectivity index (χ2n) is 4.31. The van der Waals surface area contributed by atoms with E-state index in [2.05, 4.69) is 31.3 Å². The fourth-order valence-corrected chi connectivity index (χ4v) is 2.08. The lowest BCUT2D eigenvalue weighted by Gasteiger charge is -1.98. The fourth-order valence-electron chi connectivity index (χ4n) is 1.82. The van der Waals surface area contributed by atoms with Gasteiger partial charge in [-0.2, -0.15) is 5.11 Å². The maximum atomic E-state index is 12.2. The normalized spacial score (nSPS) is 11.1. The molecule has 0 unspecified atom stereocenters. The maximum Gasteiger partial charge on any atom is 0.298 e. The topological polar surface area (TPSA) is 62.5 Å². The average molecular weight is 343 g/mol. The summed E-state index contributed by atoms with van der Waals surface area (Å²) < 4.78 is 2.39. The summed E-state index contributed by atoms with van der Waals surface area (Å²) in [5.41, 5.74) is 1.47. The molecule has 21 heavy (non-hydrogen) atoms. The van der Waals surface area contributed by atoms with Gasteiger partial charge in [-0.25, -0.2) is 4.68 Å². The Morgan fingerprint density at radius 3 is 2.38 bits per heavy atom. The van der Waals surface area contributed by atoms with Gasteiger partial charge < -0.3 is 0 Å². The number of para-hydroxylation sites is 1. The highest BCUT2D eigenvalue weighted by molar-refractivity contribution is 9.10. The number of aromatic amines is 1. The van der Waals surface area contributed by atoms with Crippen LogP contribution in [0.5, 0.6) is 0 Å². The molecule has 6 heteroatoms. The number of benzene rings is 2. The molecule has 0 saturated heterocycles. The van der Waals surface area contributed by atoms with Gasteiger partial charge in [-0.05, 0) is 36.4 Å². The number of hydrogen-bond acceptors (Lipinski definition) is 3. The molecule has 1 heterocycles. The minimum atomic E-state index is -0.234. The van der Waals surface area contributed by atoms with Crippen molar-refractivity contribution >= 4 is 27.3 Å². The predicted molar refractivity (Wildman–Crippen MR) is 84.7 cm³/mol. The molecule has 3 rings (SSSR count). The van der Waals surface area contributed by atoms with E-state index in [1.54, 1.807) is 0 Å². The third-order valence-electron chi connectivity index (χ3n) is 2.87. The molecule has 0 radical (unpaired) electrons. The van der Waals surface area contributed by atoms with Crippen LogP contribution >= 0.6 is 15.9 Å². The van der Waals surface area contributed by atoms with Gasteiger partial charge in [0.05, 0.1) is 17.6 Å². The third kappa shape index (κ3) is 3.00. The first-order valence-corrected chi connectivity index (χ1v) is 7.06. The van der Waals surface area contributed by atoms with Crippen molar-refractivity contribution in [1.82, 2.24) is 9.78 Å². The fraction of sp³-hybridized carbons (Fsp3) is 0. The molecule has 0 fully saturated rings. The zero-order chi connectivity index (χ0) is 14.7. The number of hydrogen-bond donors (Lipinski definition) is 1. The second kappa shape index (κ2) is 5.88. The van der Waals surface area contributed by atoms with E-state index in [1.807, 2.05) is 54.6 Å². The Balaban J connectivity index is 1.89. The van der Waals surface area contributed by atoms with Crippen LogP contribution < -0.4 is 5.56 Å². The molecule has 1 N–H and O–H groups in total. The first kappa shape index (κ1) is 13.5. The van der Waals surface area contributed by atoms with Crippen LogP contribution in [0.25, 0.3) is 5.69 Å². The van der Waals surface area contributed by atoms with E-state index in [-0.39, 0.29) is 11.2 Å². The van der Waals surface area contributed by atoms with Crippen LogP contribution in [0, 0.1) is 0 Å². The molecule has 0 aliphatic rings. The molecule has 0 atom stereocenters. The predicted octanol–water partition coefficient (Wildman–Crippen LogP) is 4.34. The van der Waals surface area contributed by atoms with E-state index in [0.717, 1.165) is 10.2 Å². The number of H-pyrrole nitrogens is 1. The van der Waals surface area contributed by atoms with Crippen LogP contribution in [-0.4, -0.2) is 9.78 Å². The zero-order valence-corrected chi connectivity index (χ0v) is 12.5. The van der Waals surface area contributed by atoms with E-state index in [1.165, 1.54) is 10.9 Å². The van der Waals surface area contributed by atoms with Gasteiger partial charge in [-0.1, -0.05) is 34.1 Å². The monoisotopic (exact) mass is 342 g/mol. The summed E-state index contributed by atoms with van der Waals surface area (Å²) in [6.07, 6.45) is 1.54. The maximum absolute atomic E-state index is 12.2. The van der Waals surface area contributed by atoms with Crippen LogP contribution in [0.3, 0.4) is 0 Å². The van der Waals surface area contributed by atoms with Crippen molar-refractivity contribution in [3.05, 3.63) is 75.6 Å². The van der Waals surface area contributed by atoms with E-state index in [9.17, 15) is 4.79 Å². The van der Waals surface area contributed by atoms with Crippen LogP contribution in [0.15, 0.2) is 80.3 Å². The van der Waals surface area contributed by atoms with Crippen LogP contribution in [-0.2, 0) is 0 Å². The lowest BCUT2D eigenvalue weighted by atomic mass is 10.3. The van der Waals surface area contributed by atoms with Gasteiger partial charge in [0.1, 0.15) is 0 Å². The first-order valence-electron chi connectivity index (χ1n) is 6.27. The van der Waals surface area contributed by atoms with Crippen molar-refractivity contribution in [1.29, 1.82) is 0 Å². The molecule has 0 amide bonds. The molecule has 0 saturated carbocycles. The summed E-state index contributed by atoms with van der Waals surface area (Å²) in [5, 5.41) is 10.9. The van der Waals surface area contributed by atoms with Gasteiger partial charge in [0.2, 0.25) is 0 Å². The van der Waals surface area contributed by atoms with E-state index in [4.69, 9.17) is 0 Å². The van der Waals surface area contributed by atoms with E-state index < -0.39 is 0 Å². The van der Waals surface area contributed by atoms with Crippen molar-refractivity contribution in [3.63, 3.8) is 0 Å². The summed E-state index contributed by atoms with van der Waals surface area (Å²) >= 11 is 3.35. The average Bonchev–Trinajstić information content (AvgIpc) is 2.89. The summed E-state index contributed by atoms with van der Waals surface area (Å²) in [5.74, 6) is 0. The summed E-state index contributed by atoms with van der Waals surface area (Å²) in [7, 11) is 0. The molecule has 5 nitrogen and oxygen atoms in total. The molecule has 104 valence electrons. The molecule has 1 aromatic heterocycles. The van der Waals surface area contributed by atoms with Crippen molar-refractivity contribution in [2.45, 2.75) is 0 Å².